The molecule has 1 amide bonds. The van der Waals surface area contributed by atoms with Crippen molar-refractivity contribution in [1.29, 1.82) is 0 Å². The van der Waals surface area contributed by atoms with Crippen LogP contribution in [0.1, 0.15) is 85.1 Å². The summed E-state index contributed by atoms with van der Waals surface area (Å²) in [5.74, 6) is -0.669. The number of ether oxygens (including phenoxy) is 1. The highest BCUT2D eigenvalue weighted by Crippen LogP contribution is 2.35. The molecule has 4 rings (SSSR count). The summed E-state index contributed by atoms with van der Waals surface area (Å²) in [4.78, 5) is 26.3. The molecule has 0 aromatic heterocycles. The third-order valence-corrected chi connectivity index (χ3v) is 6.34. The lowest BCUT2D eigenvalue weighted by Crippen LogP contribution is -2.25. The third kappa shape index (κ3) is 6.10. The summed E-state index contributed by atoms with van der Waals surface area (Å²) >= 11 is 0. The van der Waals surface area contributed by atoms with Crippen molar-refractivity contribution in [3.8, 4) is 16.9 Å². The summed E-state index contributed by atoms with van der Waals surface area (Å²) in [6.45, 7) is 5.41. The predicted octanol–water partition coefficient (Wildman–Crippen LogP) is 7.31. The number of hydrogen-bond donors (Lipinski definition) is 2. The molecule has 1 aliphatic carbocycles. The van der Waals surface area contributed by atoms with Gasteiger partial charge in [0.25, 0.3) is 5.91 Å². The van der Waals surface area contributed by atoms with E-state index in [1.54, 1.807) is 45.0 Å². The summed E-state index contributed by atoms with van der Waals surface area (Å²) in [5.41, 5.74) is 3.01. The highest BCUT2D eigenvalue weighted by atomic mass is 16.6. The lowest BCUT2D eigenvalue weighted by atomic mass is 9.83. The first kappa shape index (κ1) is 24.5. The minimum absolute atomic E-state index is 0.0832. The Morgan fingerprint density at radius 2 is 1.57 bits per heavy atom. The van der Waals surface area contributed by atoms with Crippen LogP contribution >= 0.6 is 0 Å². The van der Waals surface area contributed by atoms with Crippen LogP contribution in [0.25, 0.3) is 11.1 Å². The molecule has 1 fully saturated rings. The minimum atomic E-state index is -0.678. The van der Waals surface area contributed by atoms with Crippen molar-refractivity contribution >= 4 is 17.6 Å². The first-order valence-corrected chi connectivity index (χ1v) is 12.3. The number of phenolic OH excluding ortho intramolecular Hbond substituents is 1. The number of amides is 1. The molecule has 0 radical (unpaired) electrons. The van der Waals surface area contributed by atoms with Crippen LogP contribution < -0.4 is 5.32 Å². The zero-order valence-electron chi connectivity index (χ0n) is 20.6. The number of rotatable bonds is 5. The van der Waals surface area contributed by atoms with Crippen LogP contribution in [0.2, 0.25) is 0 Å². The molecule has 0 atom stereocenters. The largest absolute Gasteiger partial charge is 0.507 e. The SMILES string of the molecule is CC(C)(C)OC(=O)c1ccc(-c2ccccc2)cc1NC(=O)c1cc(C2CCCCC2)ccc1O. The molecule has 0 unspecified atom stereocenters. The van der Waals surface area contributed by atoms with Crippen LogP contribution in [0.15, 0.2) is 66.7 Å². The number of benzene rings is 3. The number of carbonyl (C=O) groups excluding carboxylic acids is 2. The number of anilines is 1. The van der Waals surface area contributed by atoms with E-state index in [0.717, 1.165) is 29.5 Å². The molecular weight excluding hydrogens is 438 g/mol. The fraction of sp³-hybridized carbons (Fsp3) is 0.333. The highest BCUT2D eigenvalue weighted by molar-refractivity contribution is 6.10. The minimum Gasteiger partial charge on any atom is -0.507 e. The van der Waals surface area contributed by atoms with Gasteiger partial charge in [-0.3, -0.25) is 4.79 Å². The van der Waals surface area contributed by atoms with E-state index in [0.29, 0.717) is 11.6 Å². The molecule has 1 aliphatic rings. The standard InChI is InChI=1S/C30H33NO4/c1-30(2,3)35-29(34)24-16-14-23(21-12-8-5-9-13-21)19-26(24)31-28(33)25-18-22(15-17-27(25)32)20-10-6-4-7-11-20/h5,8-9,12-20,32H,4,6-7,10-11H2,1-3H3,(H,31,33). The fourth-order valence-electron chi connectivity index (χ4n) is 4.58. The molecular formula is C30H33NO4. The second-order valence-electron chi connectivity index (χ2n) is 10.2. The lowest BCUT2D eigenvalue weighted by molar-refractivity contribution is 0.00708. The normalized spacial score (nSPS) is 14.4. The van der Waals surface area contributed by atoms with Crippen molar-refractivity contribution < 1.29 is 19.4 Å². The van der Waals surface area contributed by atoms with E-state index >= 15 is 0 Å². The monoisotopic (exact) mass is 471 g/mol. The molecule has 5 nitrogen and oxygen atoms in total. The first-order chi connectivity index (χ1) is 16.7. The van der Waals surface area contributed by atoms with Gasteiger partial charge in [0.05, 0.1) is 16.8 Å². The maximum atomic E-state index is 13.4. The van der Waals surface area contributed by atoms with Crippen molar-refractivity contribution in [2.45, 2.75) is 64.4 Å². The molecule has 35 heavy (non-hydrogen) atoms. The Kier molecular flexibility index (Phi) is 7.25. The number of aromatic hydroxyl groups is 1. The van der Waals surface area contributed by atoms with Crippen molar-refractivity contribution in [3.63, 3.8) is 0 Å². The summed E-state index contributed by atoms with van der Waals surface area (Å²) in [5, 5.41) is 13.4. The van der Waals surface area contributed by atoms with Gasteiger partial charge in [-0.1, -0.05) is 61.7 Å². The Morgan fingerprint density at radius 3 is 2.26 bits per heavy atom. The molecule has 0 saturated heterocycles. The molecule has 3 aromatic carbocycles. The quantitative estimate of drug-likeness (QED) is 0.382. The van der Waals surface area contributed by atoms with Crippen molar-refractivity contribution in [1.82, 2.24) is 0 Å². The highest BCUT2D eigenvalue weighted by Gasteiger charge is 2.24. The van der Waals surface area contributed by atoms with E-state index in [-0.39, 0.29) is 16.9 Å². The Hall–Kier alpha value is -3.60. The Balaban J connectivity index is 1.68. The van der Waals surface area contributed by atoms with Gasteiger partial charge in [0.1, 0.15) is 11.4 Å². The van der Waals surface area contributed by atoms with Gasteiger partial charge < -0.3 is 15.2 Å². The lowest BCUT2D eigenvalue weighted by Gasteiger charge is -2.23. The second-order valence-corrected chi connectivity index (χ2v) is 10.2. The van der Waals surface area contributed by atoms with Crippen LogP contribution in [0, 0.1) is 0 Å². The molecule has 0 aliphatic heterocycles. The molecule has 3 aromatic rings. The van der Waals surface area contributed by atoms with Crippen LogP contribution in [-0.2, 0) is 4.74 Å². The molecule has 2 N–H and O–H groups in total. The number of esters is 1. The predicted molar refractivity (Wildman–Crippen MR) is 139 cm³/mol. The van der Waals surface area contributed by atoms with Crippen LogP contribution in [0.3, 0.4) is 0 Å². The summed E-state index contributed by atoms with van der Waals surface area (Å²) < 4.78 is 5.58. The van der Waals surface area contributed by atoms with Crippen molar-refractivity contribution in [3.05, 3.63) is 83.4 Å². The molecule has 1 saturated carbocycles. The Morgan fingerprint density at radius 1 is 0.857 bits per heavy atom. The van der Waals surface area contributed by atoms with Crippen LogP contribution in [-0.4, -0.2) is 22.6 Å². The molecule has 0 bridgehead atoms. The smallest absolute Gasteiger partial charge is 0.340 e. The summed E-state index contributed by atoms with van der Waals surface area (Å²) in [6.07, 6.45) is 5.78. The van der Waals surface area contributed by atoms with Gasteiger partial charge in [-0.2, -0.15) is 0 Å². The third-order valence-electron chi connectivity index (χ3n) is 6.34. The zero-order chi connectivity index (χ0) is 25.0. The van der Waals surface area contributed by atoms with Gasteiger partial charge in [-0.05, 0) is 80.5 Å². The van der Waals surface area contributed by atoms with E-state index in [9.17, 15) is 14.7 Å². The van der Waals surface area contributed by atoms with Gasteiger partial charge in [-0.15, -0.1) is 0 Å². The van der Waals surface area contributed by atoms with Gasteiger partial charge in [0.2, 0.25) is 0 Å². The first-order valence-electron chi connectivity index (χ1n) is 12.3. The van der Waals surface area contributed by atoms with Gasteiger partial charge in [0.15, 0.2) is 0 Å². The Bertz CT molecular complexity index is 1200. The van der Waals surface area contributed by atoms with Gasteiger partial charge in [0, 0.05) is 0 Å². The van der Waals surface area contributed by atoms with Crippen LogP contribution in [0.4, 0.5) is 5.69 Å². The van der Waals surface area contributed by atoms with Gasteiger partial charge in [-0.25, -0.2) is 4.79 Å². The average molecular weight is 472 g/mol. The van der Waals surface area contributed by atoms with Gasteiger partial charge >= 0.3 is 5.97 Å². The molecule has 5 heteroatoms. The summed E-state index contributed by atoms with van der Waals surface area (Å²) in [7, 11) is 0. The van der Waals surface area contributed by atoms with E-state index in [4.69, 9.17) is 4.74 Å². The molecule has 0 heterocycles. The van der Waals surface area contributed by atoms with E-state index in [1.165, 1.54) is 19.3 Å². The molecule has 182 valence electrons. The van der Waals surface area contributed by atoms with E-state index < -0.39 is 17.5 Å². The number of hydrogen-bond acceptors (Lipinski definition) is 4. The zero-order valence-corrected chi connectivity index (χ0v) is 20.6. The molecule has 0 spiro atoms. The van der Waals surface area contributed by atoms with E-state index in [2.05, 4.69) is 5.32 Å². The summed E-state index contributed by atoms with van der Waals surface area (Å²) in [6, 6.07) is 20.3. The maximum Gasteiger partial charge on any atom is 0.340 e. The average Bonchev–Trinajstić information content (AvgIpc) is 2.84. The van der Waals surface area contributed by atoms with Crippen molar-refractivity contribution in [2.24, 2.45) is 0 Å². The fourth-order valence-corrected chi connectivity index (χ4v) is 4.58. The number of carbonyl (C=O) groups is 2. The maximum absolute atomic E-state index is 13.4. The second kappa shape index (κ2) is 10.3. The Labute approximate surface area is 207 Å². The number of nitrogens with one attached hydrogen (secondary N) is 1. The topological polar surface area (TPSA) is 75.6 Å². The number of phenols is 1. The van der Waals surface area contributed by atoms with E-state index in [1.807, 2.05) is 42.5 Å². The van der Waals surface area contributed by atoms with Crippen molar-refractivity contribution in [2.75, 3.05) is 5.32 Å². The van der Waals surface area contributed by atoms with Crippen LogP contribution in [0.5, 0.6) is 5.75 Å².